The van der Waals surface area contributed by atoms with Crippen LogP contribution in [0, 0.1) is 6.92 Å². The third kappa shape index (κ3) is 3.97. The molecule has 0 atom stereocenters. The van der Waals surface area contributed by atoms with E-state index in [9.17, 15) is 4.79 Å². The summed E-state index contributed by atoms with van der Waals surface area (Å²) >= 11 is 0. The second kappa shape index (κ2) is 7.45. The van der Waals surface area contributed by atoms with Crippen molar-refractivity contribution < 1.29 is 14.3 Å². The summed E-state index contributed by atoms with van der Waals surface area (Å²) in [5.74, 6) is 1.20. The Morgan fingerprint density at radius 1 is 1.23 bits per heavy atom. The van der Waals surface area contributed by atoms with E-state index in [0.29, 0.717) is 24.3 Å². The van der Waals surface area contributed by atoms with Crippen LogP contribution in [-0.4, -0.2) is 25.1 Å². The Bertz CT molecular complexity index is 642. The van der Waals surface area contributed by atoms with Gasteiger partial charge in [-0.2, -0.15) is 0 Å². The molecule has 2 aromatic rings. The minimum absolute atomic E-state index is 0.0424. The van der Waals surface area contributed by atoms with Gasteiger partial charge in [-0.05, 0) is 36.6 Å². The molecular weight excluding hydrogens is 280 g/mol. The number of hydrogen-bond donors (Lipinski definition) is 1. The van der Waals surface area contributed by atoms with Gasteiger partial charge in [0.1, 0.15) is 0 Å². The lowest BCUT2D eigenvalue weighted by Gasteiger charge is -2.13. The van der Waals surface area contributed by atoms with Crippen LogP contribution in [0.4, 0.5) is 5.69 Å². The van der Waals surface area contributed by atoms with E-state index in [4.69, 9.17) is 9.47 Å². The number of anilines is 1. The van der Waals surface area contributed by atoms with Gasteiger partial charge in [-0.15, -0.1) is 0 Å². The Morgan fingerprint density at radius 2 is 1.95 bits per heavy atom. The summed E-state index contributed by atoms with van der Waals surface area (Å²) < 4.78 is 10.5. The molecule has 5 heteroatoms. The van der Waals surface area contributed by atoms with Crippen LogP contribution in [0.25, 0.3) is 0 Å². The summed E-state index contributed by atoms with van der Waals surface area (Å²) in [5.41, 5.74) is 2.70. The standard InChI is InChI=1S/C17H20N2O3/c1-12-9-15(21-2)16(22-3)10-14(12)19-17(20)7-6-13-5-4-8-18-11-13/h4-5,8-11H,6-7H2,1-3H3,(H,19,20). The van der Waals surface area contributed by atoms with Crippen molar-refractivity contribution in [2.24, 2.45) is 0 Å². The van der Waals surface area contributed by atoms with Crippen molar-refractivity contribution in [3.05, 3.63) is 47.8 Å². The molecule has 5 nitrogen and oxygen atoms in total. The number of carbonyl (C=O) groups is 1. The molecule has 0 aliphatic rings. The number of benzene rings is 1. The Labute approximate surface area is 130 Å². The van der Waals surface area contributed by atoms with Crippen LogP contribution in [0.15, 0.2) is 36.7 Å². The molecule has 1 aromatic carbocycles. The third-order valence-corrected chi connectivity index (χ3v) is 3.37. The zero-order valence-corrected chi connectivity index (χ0v) is 13.1. The normalized spacial score (nSPS) is 10.1. The number of amides is 1. The molecule has 1 aromatic heterocycles. The zero-order chi connectivity index (χ0) is 15.9. The average Bonchev–Trinajstić information content (AvgIpc) is 2.55. The maximum Gasteiger partial charge on any atom is 0.224 e. The van der Waals surface area contributed by atoms with Crippen LogP contribution >= 0.6 is 0 Å². The first-order valence-corrected chi connectivity index (χ1v) is 7.05. The molecule has 1 amide bonds. The molecular formula is C17H20N2O3. The molecule has 0 aliphatic carbocycles. The number of carbonyl (C=O) groups excluding carboxylic acids is 1. The van der Waals surface area contributed by atoms with E-state index in [0.717, 1.165) is 16.8 Å². The number of aryl methyl sites for hydroxylation is 2. The van der Waals surface area contributed by atoms with E-state index in [2.05, 4.69) is 10.3 Å². The van der Waals surface area contributed by atoms with Crippen LogP contribution in [0.3, 0.4) is 0 Å². The number of rotatable bonds is 6. The second-order valence-corrected chi connectivity index (χ2v) is 4.93. The predicted octanol–water partition coefficient (Wildman–Crippen LogP) is 2.98. The predicted molar refractivity (Wildman–Crippen MR) is 85.5 cm³/mol. The van der Waals surface area contributed by atoms with Crippen LogP contribution in [0.1, 0.15) is 17.5 Å². The fourth-order valence-corrected chi connectivity index (χ4v) is 2.13. The fraction of sp³-hybridized carbons (Fsp3) is 0.294. The van der Waals surface area contributed by atoms with E-state index in [1.807, 2.05) is 25.1 Å². The van der Waals surface area contributed by atoms with Gasteiger partial charge < -0.3 is 14.8 Å². The molecule has 0 saturated carbocycles. The van der Waals surface area contributed by atoms with Crippen LogP contribution < -0.4 is 14.8 Å². The molecule has 2 rings (SSSR count). The van der Waals surface area contributed by atoms with Crippen molar-refractivity contribution >= 4 is 11.6 Å². The maximum atomic E-state index is 12.1. The van der Waals surface area contributed by atoms with E-state index in [1.165, 1.54) is 0 Å². The molecule has 0 unspecified atom stereocenters. The topological polar surface area (TPSA) is 60.5 Å². The highest BCUT2D eigenvalue weighted by Gasteiger charge is 2.11. The number of ether oxygens (including phenoxy) is 2. The lowest BCUT2D eigenvalue weighted by molar-refractivity contribution is -0.116. The molecule has 0 aliphatic heterocycles. The first kappa shape index (κ1) is 15.8. The van der Waals surface area contributed by atoms with Crippen molar-refractivity contribution in [1.82, 2.24) is 4.98 Å². The van der Waals surface area contributed by atoms with E-state index < -0.39 is 0 Å². The molecule has 1 N–H and O–H groups in total. The number of nitrogens with zero attached hydrogens (tertiary/aromatic N) is 1. The molecule has 1 heterocycles. The van der Waals surface area contributed by atoms with Gasteiger partial charge >= 0.3 is 0 Å². The minimum atomic E-state index is -0.0424. The van der Waals surface area contributed by atoms with Crippen molar-refractivity contribution in [2.45, 2.75) is 19.8 Å². The number of methoxy groups -OCH3 is 2. The summed E-state index contributed by atoms with van der Waals surface area (Å²) in [6, 6.07) is 7.44. The number of pyridine rings is 1. The third-order valence-electron chi connectivity index (χ3n) is 3.37. The second-order valence-electron chi connectivity index (χ2n) is 4.93. The average molecular weight is 300 g/mol. The molecule has 0 saturated heterocycles. The minimum Gasteiger partial charge on any atom is -0.493 e. The lowest BCUT2D eigenvalue weighted by atomic mass is 10.1. The monoisotopic (exact) mass is 300 g/mol. The van der Waals surface area contributed by atoms with Crippen LogP contribution in [0.2, 0.25) is 0 Å². The van der Waals surface area contributed by atoms with Gasteiger partial charge in [-0.3, -0.25) is 9.78 Å². The Kier molecular flexibility index (Phi) is 5.36. The molecule has 0 radical (unpaired) electrons. The Morgan fingerprint density at radius 3 is 2.59 bits per heavy atom. The highest BCUT2D eigenvalue weighted by Crippen LogP contribution is 2.32. The molecule has 0 spiro atoms. The van der Waals surface area contributed by atoms with Crippen molar-refractivity contribution in [2.75, 3.05) is 19.5 Å². The number of hydrogen-bond acceptors (Lipinski definition) is 4. The van der Waals surface area contributed by atoms with E-state index >= 15 is 0 Å². The SMILES string of the molecule is COc1cc(C)c(NC(=O)CCc2cccnc2)cc1OC. The smallest absolute Gasteiger partial charge is 0.224 e. The van der Waals surface area contributed by atoms with Gasteiger partial charge in [-0.1, -0.05) is 6.07 Å². The zero-order valence-electron chi connectivity index (χ0n) is 13.1. The molecule has 0 bridgehead atoms. The molecule has 116 valence electrons. The van der Waals surface area contributed by atoms with Crippen LogP contribution in [-0.2, 0) is 11.2 Å². The highest BCUT2D eigenvalue weighted by atomic mass is 16.5. The summed E-state index contributed by atoms with van der Waals surface area (Å²) in [7, 11) is 3.16. The van der Waals surface area contributed by atoms with Gasteiger partial charge in [-0.25, -0.2) is 0 Å². The van der Waals surface area contributed by atoms with Gasteiger partial charge in [0.25, 0.3) is 0 Å². The van der Waals surface area contributed by atoms with Gasteiger partial charge in [0, 0.05) is 30.6 Å². The van der Waals surface area contributed by atoms with E-state index in [1.54, 1.807) is 32.7 Å². The van der Waals surface area contributed by atoms with Gasteiger partial charge in [0.2, 0.25) is 5.91 Å². The van der Waals surface area contributed by atoms with Gasteiger partial charge in [0.05, 0.1) is 14.2 Å². The fourth-order valence-electron chi connectivity index (χ4n) is 2.13. The van der Waals surface area contributed by atoms with Gasteiger partial charge in [0.15, 0.2) is 11.5 Å². The van der Waals surface area contributed by atoms with E-state index in [-0.39, 0.29) is 5.91 Å². The lowest BCUT2D eigenvalue weighted by Crippen LogP contribution is -2.13. The summed E-state index contributed by atoms with van der Waals surface area (Å²) in [6.07, 6.45) is 4.55. The maximum absolute atomic E-state index is 12.1. The van der Waals surface area contributed by atoms with Crippen LogP contribution in [0.5, 0.6) is 11.5 Å². The largest absolute Gasteiger partial charge is 0.493 e. The highest BCUT2D eigenvalue weighted by molar-refractivity contribution is 5.92. The first-order chi connectivity index (χ1) is 10.6. The van der Waals surface area contributed by atoms with Crippen molar-refractivity contribution in [3.63, 3.8) is 0 Å². The van der Waals surface area contributed by atoms with Crippen molar-refractivity contribution in [1.29, 1.82) is 0 Å². The Balaban J connectivity index is 2.02. The number of nitrogens with one attached hydrogen (secondary N) is 1. The summed E-state index contributed by atoms with van der Waals surface area (Å²) in [4.78, 5) is 16.1. The molecule has 0 fully saturated rings. The summed E-state index contributed by atoms with van der Waals surface area (Å²) in [5, 5.41) is 2.91. The van der Waals surface area contributed by atoms with Crippen molar-refractivity contribution in [3.8, 4) is 11.5 Å². The summed E-state index contributed by atoms with van der Waals surface area (Å²) in [6.45, 7) is 1.92. The number of aromatic nitrogens is 1. The molecule has 22 heavy (non-hydrogen) atoms. The first-order valence-electron chi connectivity index (χ1n) is 7.05. The Hall–Kier alpha value is -2.56. The quantitative estimate of drug-likeness (QED) is 0.891.